The summed E-state index contributed by atoms with van der Waals surface area (Å²) in [6.07, 6.45) is 2.79. The van der Waals surface area contributed by atoms with Crippen LogP contribution in [0, 0.1) is 6.92 Å². The zero-order valence-corrected chi connectivity index (χ0v) is 14.2. The predicted molar refractivity (Wildman–Crippen MR) is 83.3 cm³/mol. The van der Waals surface area contributed by atoms with E-state index >= 15 is 0 Å². The Morgan fingerprint density at radius 3 is 2.80 bits per heavy atom. The lowest BCUT2D eigenvalue weighted by atomic mass is 9.95. The summed E-state index contributed by atoms with van der Waals surface area (Å²) in [5.74, 6) is 1.66. The van der Waals surface area contributed by atoms with Gasteiger partial charge in [-0.3, -0.25) is 4.79 Å². The molecule has 0 radical (unpaired) electrons. The SMILES string of the molecule is CCOC(=O)C(C)(CCCCSc1nc(C)ns1)NC. The van der Waals surface area contributed by atoms with Crippen molar-refractivity contribution in [2.24, 2.45) is 0 Å². The molecule has 0 bridgehead atoms. The van der Waals surface area contributed by atoms with Crippen LogP contribution in [0.1, 0.15) is 38.9 Å². The van der Waals surface area contributed by atoms with Crippen LogP contribution >= 0.6 is 23.3 Å². The number of hydrogen-bond donors (Lipinski definition) is 1. The van der Waals surface area contributed by atoms with E-state index in [-0.39, 0.29) is 5.97 Å². The van der Waals surface area contributed by atoms with Crippen LogP contribution in [0.25, 0.3) is 0 Å². The van der Waals surface area contributed by atoms with Crippen molar-refractivity contribution in [3.8, 4) is 0 Å². The molecule has 1 aromatic heterocycles. The molecule has 1 heterocycles. The molecular weight excluding hydrogens is 294 g/mol. The number of aromatic nitrogens is 2. The van der Waals surface area contributed by atoms with Crippen molar-refractivity contribution in [3.05, 3.63) is 5.82 Å². The van der Waals surface area contributed by atoms with E-state index in [4.69, 9.17) is 4.74 Å². The molecule has 1 atom stereocenters. The molecule has 1 N–H and O–H groups in total. The van der Waals surface area contributed by atoms with Gasteiger partial charge < -0.3 is 10.1 Å². The Hall–Kier alpha value is -0.660. The van der Waals surface area contributed by atoms with Gasteiger partial charge in [0.25, 0.3) is 0 Å². The number of hydrogen-bond acceptors (Lipinski definition) is 7. The molecule has 0 aromatic carbocycles. The van der Waals surface area contributed by atoms with E-state index in [1.807, 2.05) is 20.8 Å². The summed E-state index contributed by atoms with van der Waals surface area (Å²) < 4.78 is 10.3. The Bertz CT molecular complexity index is 426. The van der Waals surface area contributed by atoms with E-state index in [9.17, 15) is 4.79 Å². The second kappa shape index (κ2) is 8.59. The molecular formula is C13H23N3O2S2. The third-order valence-corrected chi connectivity index (χ3v) is 5.09. The van der Waals surface area contributed by atoms with Gasteiger partial charge in [-0.05, 0) is 52.2 Å². The average molecular weight is 317 g/mol. The molecule has 0 spiro atoms. The van der Waals surface area contributed by atoms with Gasteiger partial charge in [-0.2, -0.15) is 4.37 Å². The number of aryl methyl sites for hydroxylation is 1. The number of nitrogens with one attached hydrogen (secondary N) is 1. The van der Waals surface area contributed by atoms with E-state index in [1.165, 1.54) is 11.5 Å². The molecule has 0 aliphatic rings. The van der Waals surface area contributed by atoms with Crippen molar-refractivity contribution in [1.82, 2.24) is 14.7 Å². The van der Waals surface area contributed by atoms with E-state index in [2.05, 4.69) is 14.7 Å². The van der Waals surface area contributed by atoms with Crippen LogP contribution in [0.3, 0.4) is 0 Å². The van der Waals surface area contributed by atoms with Crippen LogP contribution in [0.15, 0.2) is 4.34 Å². The first kappa shape index (κ1) is 17.4. The normalized spacial score (nSPS) is 14.0. The van der Waals surface area contributed by atoms with Crippen molar-refractivity contribution >= 4 is 29.3 Å². The Morgan fingerprint density at radius 1 is 1.50 bits per heavy atom. The highest BCUT2D eigenvalue weighted by Crippen LogP contribution is 2.22. The molecule has 20 heavy (non-hydrogen) atoms. The number of nitrogens with zero attached hydrogens (tertiary/aromatic N) is 2. The molecule has 0 aliphatic carbocycles. The summed E-state index contributed by atoms with van der Waals surface area (Å²) in [5.41, 5.74) is -0.583. The molecule has 1 aromatic rings. The Kier molecular flexibility index (Phi) is 7.47. The fourth-order valence-corrected chi connectivity index (χ4v) is 3.41. The molecule has 0 aliphatic heterocycles. The molecule has 0 fully saturated rings. The topological polar surface area (TPSA) is 64.1 Å². The monoisotopic (exact) mass is 317 g/mol. The van der Waals surface area contributed by atoms with Crippen LogP contribution in [-0.4, -0.2) is 40.3 Å². The molecule has 7 heteroatoms. The second-order valence-corrected chi connectivity index (χ2v) is 6.81. The maximum atomic E-state index is 11.9. The number of rotatable bonds is 9. The number of ether oxygens (including phenoxy) is 1. The minimum atomic E-state index is -0.583. The maximum Gasteiger partial charge on any atom is 0.326 e. The number of carbonyl (C=O) groups is 1. The number of likely N-dealkylation sites (N-methyl/N-ethyl adjacent to an activating group) is 1. The van der Waals surface area contributed by atoms with E-state index in [0.29, 0.717) is 6.61 Å². The number of thioether (sulfide) groups is 1. The lowest BCUT2D eigenvalue weighted by Crippen LogP contribution is -2.48. The molecule has 0 saturated carbocycles. The zero-order valence-electron chi connectivity index (χ0n) is 12.6. The third kappa shape index (κ3) is 5.38. The summed E-state index contributed by atoms with van der Waals surface area (Å²) in [6.45, 7) is 6.04. The van der Waals surface area contributed by atoms with Gasteiger partial charge in [0.15, 0.2) is 4.34 Å². The highest BCUT2D eigenvalue weighted by molar-refractivity contribution is 8.00. The largest absolute Gasteiger partial charge is 0.465 e. The van der Waals surface area contributed by atoms with Crippen molar-refractivity contribution in [1.29, 1.82) is 0 Å². The van der Waals surface area contributed by atoms with Gasteiger partial charge in [0.05, 0.1) is 6.61 Å². The van der Waals surface area contributed by atoms with Crippen molar-refractivity contribution in [2.75, 3.05) is 19.4 Å². The highest BCUT2D eigenvalue weighted by Gasteiger charge is 2.32. The summed E-state index contributed by atoms with van der Waals surface area (Å²) >= 11 is 3.17. The Morgan fingerprint density at radius 2 is 2.25 bits per heavy atom. The van der Waals surface area contributed by atoms with Gasteiger partial charge in [0.2, 0.25) is 0 Å². The first-order valence-corrected chi connectivity index (χ1v) is 8.57. The summed E-state index contributed by atoms with van der Waals surface area (Å²) in [4.78, 5) is 16.2. The molecule has 1 unspecified atom stereocenters. The molecule has 114 valence electrons. The lowest BCUT2D eigenvalue weighted by Gasteiger charge is -2.26. The maximum absolute atomic E-state index is 11.9. The van der Waals surface area contributed by atoms with Gasteiger partial charge in [-0.25, -0.2) is 4.98 Å². The second-order valence-electron chi connectivity index (χ2n) is 4.72. The number of carbonyl (C=O) groups excluding carboxylic acids is 1. The first-order valence-electron chi connectivity index (χ1n) is 6.81. The number of unbranched alkanes of at least 4 members (excludes halogenated alkanes) is 1. The zero-order chi connectivity index (χ0) is 15.0. The molecule has 0 amide bonds. The van der Waals surface area contributed by atoms with E-state index < -0.39 is 5.54 Å². The van der Waals surface area contributed by atoms with Crippen LogP contribution in [0.2, 0.25) is 0 Å². The van der Waals surface area contributed by atoms with Crippen molar-refractivity contribution in [3.63, 3.8) is 0 Å². The van der Waals surface area contributed by atoms with Crippen LogP contribution < -0.4 is 5.32 Å². The minimum absolute atomic E-state index is 0.171. The first-order chi connectivity index (χ1) is 9.51. The fraction of sp³-hybridized carbons (Fsp3) is 0.769. The standard InChI is InChI=1S/C13H23N3O2S2/c1-5-18-11(17)13(3,14-4)8-6-7-9-19-12-15-10(2)16-20-12/h14H,5-9H2,1-4H3. The van der Waals surface area contributed by atoms with Crippen molar-refractivity contribution < 1.29 is 9.53 Å². The highest BCUT2D eigenvalue weighted by atomic mass is 32.2. The lowest BCUT2D eigenvalue weighted by molar-refractivity contribution is -0.150. The molecule has 5 nitrogen and oxygen atoms in total. The Balaban J connectivity index is 2.26. The van der Waals surface area contributed by atoms with Gasteiger partial charge in [-0.15, -0.1) is 0 Å². The van der Waals surface area contributed by atoms with Gasteiger partial charge in [0.1, 0.15) is 11.4 Å². The Labute approximate surface area is 129 Å². The van der Waals surface area contributed by atoms with Crippen LogP contribution in [0.4, 0.5) is 0 Å². The minimum Gasteiger partial charge on any atom is -0.465 e. The smallest absolute Gasteiger partial charge is 0.326 e. The van der Waals surface area contributed by atoms with Gasteiger partial charge in [-0.1, -0.05) is 18.2 Å². The summed E-state index contributed by atoms with van der Waals surface area (Å²) in [6, 6.07) is 0. The quantitative estimate of drug-likeness (QED) is 0.429. The predicted octanol–water partition coefficient (Wildman–Crippen LogP) is 2.65. The summed E-state index contributed by atoms with van der Waals surface area (Å²) in [7, 11) is 1.80. The van der Waals surface area contributed by atoms with Crippen LogP contribution in [0.5, 0.6) is 0 Å². The van der Waals surface area contributed by atoms with Gasteiger partial charge in [0, 0.05) is 5.75 Å². The van der Waals surface area contributed by atoms with Crippen LogP contribution in [-0.2, 0) is 9.53 Å². The fourth-order valence-electron chi connectivity index (χ4n) is 1.70. The molecule has 0 saturated heterocycles. The van der Waals surface area contributed by atoms with Gasteiger partial charge >= 0.3 is 5.97 Å². The number of esters is 1. The van der Waals surface area contributed by atoms with E-state index in [0.717, 1.165) is 35.2 Å². The summed E-state index contributed by atoms with van der Waals surface area (Å²) in [5, 5.41) is 3.07. The van der Waals surface area contributed by atoms with E-state index in [1.54, 1.807) is 18.8 Å². The third-order valence-electron chi connectivity index (χ3n) is 3.08. The van der Waals surface area contributed by atoms with Crippen molar-refractivity contribution in [2.45, 2.75) is 49.9 Å². The molecule has 1 rings (SSSR count). The average Bonchev–Trinajstić information content (AvgIpc) is 2.84.